The van der Waals surface area contributed by atoms with Gasteiger partial charge in [-0.25, -0.2) is 0 Å². The monoisotopic (exact) mass is 1350 g/mol. The van der Waals surface area contributed by atoms with Crippen molar-refractivity contribution in [2.75, 3.05) is 28.2 Å². The summed E-state index contributed by atoms with van der Waals surface area (Å²) in [5.41, 5.74) is 0. The van der Waals surface area contributed by atoms with Crippen LogP contribution in [0.2, 0.25) is 0 Å². The zero-order valence-corrected chi connectivity index (χ0v) is 65.4. The maximum absolute atomic E-state index is 7.82. The largest absolute Gasteiger partial charge is 0.344 e. The van der Waals surface area contributed by atoms with Crippen molar-refractivity contribution >= 4 is 0 Å². The standard InChI is InChI=1S/C91H160N2O4/c1-9-13-17-21-25-29-33-37-41-45-46-50-54-58-62-66-70-74-78-91(77-73-69-65-61-57-53-49-44-40-36-32-28-24-20-16-12-4)95-86-81-84(93(7)8)87(89(86)97-91)83-79-82(92(5)6)80-85-88(83)96-90(94-85,75-71-67-63-59-55-51-47-42-38-34-30-26-22-18-14-10-2)76-72-68-64-60-56-52-48-43-39-35-31-27-23-19-15-11-3/h26-27,30-33,36-39,42-46,49,57,61,82-89H,9-25,28-29,34-35,40-41,47-48,50-56,58-60,62-81H2,1-8H3. The molecule has 9 atom stereocenters. The van der Waals surface area contributed by atoms with Gasteiger partial charge in [0.25, 0.3) is 0 Å². The summed E-state index contributed by atoms with van der Waals surface area (Å²) in [6.45, 7) is 9.16. The van der Waals surface area contributed by atoms with Gasteiger partial charge in [-0.2, -0.15) is 0 Å². The third kappa shape index (κ3) is 40.2. The fourth-order valence-corrected chi connectivity index (χ4v) is 16.1. The van der Waals surface area contributed by atoms with Crippen molar-refractivity contribution < 1.29 is 18.9 Å². The van der Waals surface area contributed by atoms with E-state index in [1.165, 1.54) is 263 Å². The molecular formula is C91H160N2O4. The lowest BCUT2D eigenvalue weighted by atomic mass is 9.71. The molecule has 0 aromatic heterocycles. The average molecular weight is 1350 g/mol. The highest BCUT2D eigenvalue weighted by Crippen LogP contribution is 2.55. The summed E-state index contributed by atoms with van der Waals surface area (Å²) < 4.78 is 30.8. The van der Waals surface area contributed by atoms with Crippen LogP contribution < -0.4 is 0 Å². The third-order valence-electron chi connectivity index (χ3n) is 22.0. The van der Waals surface area contributed by atoms with Gasteiger partial charge in [0.15, 0.2) is 11.6 Å². The van der Waals surface area contributed by atoms with Gasteiger partial charge in [-0.05, 0) is 214 Å². The Morgan fingerprint density at radius 2 is 0.526 bits per heavy atom. The van der Waals surface area contributed by atoms with Crippen LogP contribution in [-0.2, 0) is 18.9 Å². The van der Waals surface area contributed by atoms with E-state index in [9.17, 15) is 0 Å². The van der Waals surface area contributed by atoms with Crippen LogP contribution in [0.15, 0.2) is 109 Å². The first-order chi connectivity index (χ1) is 47.7. The van der Waals surface area contributed by atoms with Gasteiger partial charge >= 0.3 is 0 Å². The van der Waals surface area contributed by atoms with Crippen LogP contribution in [0.25, 0.3) is 0 Å². The fraction of sp³-hybridized carbons (Fsp3) is 0.802. The van der Waals surface area contributed by atoms with Crippen molar-refractivity contribution in [3.05, 3.63) is 109 Å². The first-order valence-corrected chi connectivity index (χ1v) is 42.6. The number of nitrogens with zero attached hydrogens (tertiary/aromatic N) is 2. The molecule has 0 amide bonds. The molecule has 0 radical (unpaired) electrons. The van der Waals surface area contributed by atoms with Crippen molar-refractivity contribution in [2.24, 2.45) is 11.8 Å². The highest BCUT2D eigenvalue weighted by atomic mass is 16.8. The van der Waals surface area contributed by atoms with Gasteiger partial charge < -0.3 is 28.7 Å². The van der Waals surface area contributed by atoms with E-state index in [1.807, 2.05) is 0 Å². The summed E-state index contributed by atoms with van der Waals surface area (Å²) in [6.07, 6.45) is 111. The van der Waals surface area contributed by atoms with Crippen LogP contribution in [-0.4, -0.2) is 86.1 Å². The first kappa shape index (κ1) is 86.8. The number of ether oxygens (including phenoxy) is 4. The molecule has 6 nitrogen and oxygen atoms in total. The molecule has 0 bridgehead atoms. The average Bonchev–Trinajstić information content (AvgIpc) is 1.58. The van der Waals surface area contributed by atoms with Crippen LogP contribution in [0.5, 0.6) is 0 Å². The van der Waals surface area contributed by atoms with E-state index in [4.69, 9.17) is 18.9 Å². The molecule has 0 aromatic carbocycles. The summed E-state index contributed by atoms with van der Waals surface area (Å²) in [6, 6.07) is 0.822. The van der Waals surface area contributed by atoms with E-state index in [2.05, 4.69) is 175 Å². The Labute approximate surface area is 603 Å². The van der Waals surface area contributed by atoms with Gasteiger partial charge in [-0.15, -0.1) is 0 Å². The summed E-state index contributed by atoms with van der Waals surface area (Å²) in [5.74, 6) is -0.353. The molecule has 2 saturated carbocycles. The Morgan fingerprint density at radius 1 is 0.268 bits per heavy atom. The lowest BCUT2D eigenvalue weighted by Gasteiger charge is -2.45. The minimum Gasteiger partial charge on any atom is -0.344 e. The van der Waals surface area contributed by atoms with Crippen LogP contribution in [0, 0.1) is 11.8 Å². The molecule has 4 fully saturated rings. The lowest BCUT2D eigenvalue weighted by molar-refractivity contribution is -0.208. The van der Waals surface area contributed by atoms with Crippen molar-refractivity contribution in [3.63, 3.8) is 0 Å². The Morgan fingerprint density at radius 3 is 0.866 bits per heavy atom. The van der Waals surface area contributed by atoms with Crippen LogP contribution in [0.1, 0.15) is 381 Å². The van der Waals surface area contributed by atoms with Gasteiger partial charge in [0, 0.05) is 43.7 Å². The van der Waals surface area contributed by atoms with Crippen LogP contribution >= 0.6 is 0 Å². The molecule has 558 valence electrons. The van der Waals surface area contributed by atoms with Gasteiger partial charge in [0.2, 0.25) is 0 Å². The second-order valence-electron chi connectivity index (χ2n) is 31.1. The number of fused-ring (bicyclic) bond motifs is 2. The van der Waals surface area contributed by atoms with E-state index in [0.29, 0.717) is 23.9 Å². The second kappa shape index (κ2) is 58.9. The van der Waals surface area contributed by atoms with Gasteiger partial charge in [-0.3, -0.25) is 0 Å². The van der Waals surface area contributed by atoms with Crippen molar-refractivity contribution in [3.8, 4) is 0 Å². The molecule has 2 heterocycles. The van der Waals surface area contributed by atoms with Gasteiger partial charge in [-0.1, -0.05) is 285 Å². The van der Waals surface area contributed by atoms with E-state index < -0.39 is 11.6 Å². The van der Waals surface area contributed by atoms with Crippen LogP contribution in [0.3, 0.4) is 0 Å². The third-order valence-corrected chi connectivity index (χ3v) is 22.0. The minimum atomic E-state index is -0.510. The van der Waals surface area contributed by atoms with Crippen LogP contribution in [0.4, 0.5) is 0 Å². The Balaban J connectivity index is 1.41. The van der Waals surface area contributed by atoms with E-state index in [-0.39, 0.29) is 24.4 Å². The molecule has 4 rings (SSSR count). The summed E-state index contributed by atoms with van der Waals surface area (Å²) in [7, 11) is 9.28. The summed E-state index contributed by atoms with van der Waals surface area (Å²) >= 11 is 0. The molecule has 0 spiro atoms. The number of rotatable bonds is 64. The molecule has 9 unspecified atom stereocenters. The topological polar surface area (TPSA) is 43.4 Å². The molecule has 6 heteroatoms. The molecule has 4 aliphatic rings. The van der Waals surface area contributed by atoms with Crippen molar-refractivity contribution in [2.45, 2.75) is 429 Å². The number of allylic oxidation sites excluding steroid dienone is 18. The first-order valence-electron chi connectivity index (χ1n) is 42.6. The Hall–Kier alpha value is -2.58. The Kier molecular flexibility index (Phi) is 52.7. The van der Waals surface area contributed by atoms with E-state index in [1.54, 1.807) is 0 Å². The zero-order valence-electron chi connectivity index (χ0n) is 65.4. The highest BCUT2D eigenvalue weighted by molar-refractivity contribution is 5.10. The smallest absolute Gasteiger partial charge is 0.169 e. The predicted molar refractivity (Wildman–Crippen MR) is 426 cm³/mol. The van der Waals surface area contributed by atoms with Gasteiger partial charge in [0.05, 0.1) is 24.4 Å². The van der Waals surface area contributed by atoms with E-state index in [0.717, 1.165) is 89.9 Å². The minimum absolute atomic E-state index is 0.0690. The number of hydrogen-bond donors (Lipinski definition) is 0. The van der Waals surface area contributed by atoms with Crippen molar-refractivity contribution in [1.29, 1.82) is 0 Å². The molecule has 97 heavy (non-hydrogen) atoms. The molecule has 2 aliphatic heterocycles. The lowest BCUT2D eigenvalue weighted by Crippen LogP contribution is -2.53. The molecule has 0 N–H and O–H groups in total. The highest BCUT2D eigenvalue weighted by Gasteiger charge is 2.63. The summed E-state index contributed by atoms with van der Waals surface area (Å²) in [5, 5.41) is 0. The fourth-order valence-electron chi connectivity index (χ4n) is 16.1. The number of unbranched alkanes of at least 4 members (excludes halogenated alkanes) is 35. The SMILES string of the molecule is CCCCCC=CCC=CCCCCCCCCC1(CCCCCCCCC=CCC=CCCCCC)OC2CC(N(C)C)CC(C3C4OC(CCCCC=CCC=CCC=CCCCCCC)(CCCCCCCCC=CCC=CCCCCCCC)OC4CC3N(C)C)C2O1. The normalized spacial score (nSPS) is 24.8. The Bertz CT molecular complexity index is 2050. The van der Waals surface area contributed by atoms with Gasteiger partial charge in [0.1, 0.15) is 0 Å². The molecule has 0 aromatic rings. The maximum Gasteiger partial charge on any atom is 0.169 e. The van der Waals surface area contributed by atoms with E-state index >= 15 is 0 Å². The zero-order chi connectivity index (χ0) is 69.2. The molecular weight excluding hydrogens is 1190 g/mol. The predicted octanol–water partition coefficient (Wildman–Crippen LogP) is 27.6. The second-order valence-corrected chi connectivity index (χ2v) is 31.1. The number of hydrogen-bond acceptors (Lipinski definition) is 6. The van der Waals surface area contributed by atoms with Crippen molar-refractivity contribution in [1.82, 2.24) is 9.80 Å². The molecule has 2 saturated heterocycles. The quantitative estimate of drug-likeness (QED) is 0.0447. The summed E-state index contributed by atoms with van der Waals surface area (Å²) in [4.78, 5) is 5.04. The maximum atomic E-state index is 7.82. The molecule has 2 aliphatic carbocycles.